The first-order valence-corrected chi connectivity index (χ1v) is 9.50. The molecule has 25 heavy (non-hydrogen) atoms. The van der Waals surface area contributed by atoms with Crippen molar-refractivity contribution in [1.82, 2.24) is 5.32 Å². The van der Waals surface area contributed by atoms with Gasteiger partial charge < -0.3 is 20.1 Å². The average molecular weight is 342 g/mol. The molecule has 1 aromatic carbocycles. The fourth-order valence-electron chi connectivity index (χ4n) is 6.02. The summed E-state index contributed by atoms with van der Waals surface area (Å²) in [5.41, 5.74) is 0.571. The van der Waals surface area contributed by atoms with E-state index in [1.165, 1.54) is 0 Å². The molecule has 4 saturated carbocycles. The lowest BCUT2D eigenvalue weighted by Crippen LogP contribution is -2.63. The van der Waals surface area contributed by atoms with E-state index in [2.05, 4.69) is 10.2 Å². The Balaban J connectivity index is 1.30. The van der Waals surface area contributed by atoms with Crippen molar-refractivity contribution < 1.29 is 14.6 Å². The van der Waals surface area contributed by atoms with E-state index in [4.69, 9.17) is 4.74 Å². The lowest BCUT2D eigenvalue weighted by atomic mass is 9.52. The van der Waals surface area contributed by atoms with Gasteiger partial charge in [0.25, 0.3) is 5.91 Å². The molecule has 2 N–H and O–H groups in total. The molecule has 0 saturated heterocycles. The summed E-state index contributed by atoms with van der Waals surface area (Å²) in [6.45, 7) is 0.567. The molecule has 134 valence electrons. The molecule has 0 aromatic heterocycles. The summed E-state index contributed by atoms with van der Waals surface area (Å²) in [5, 5.41) is 14.0. The second kappa shape index (κ2) is 5.37. The van der Waals surface area contributed by atoms with Gasteiger partial charge in [0.05, 0.1) is 17.8 Å². The number of nitrogens with zero attached hydrogens (tertiary/aromatic N) is 1. The fraction of sp³-hybridized carbons (Fsp3) is 0.650. The average Bonchev–Trinajstić information content (AvgIpc) is 2.56. The first kappa shape index (κ1) is 15.5. The van der Waals surface area contributed by atoms with Gasteiger partial charge in [0.2, 0.25) is 0 Å². The van der Waals surface area contributed by atoms with Crippen molar-refractivity contribution in [3.8, 4) is 5.75 Å². The Kier molecular flexibility index (Phi) is 3.33. The zero-order chi connectivity index (χ0) is 17.2. The highest BCUT2D eigenvalue weighted by Gasteiger charge is 2.55. The standard InChI is InChI=1S/C20H26N2O3/c1-22-11-17(25-16-5-3-2-4-15(16)22)19(23)21-18-13-6-12-7-14(18)10-20(24,8-12)9-13/h2-5,12-14,17-18,24H,6-11H2,1H3,(H,21,23)/t12?,13-,14+,17?,18-,20-. The molecule has 1 amide bonds. The van der Waals surface area contributed by atoms with E-state index >= 15 is 0 Å². The third-order valence-corrected chi connectivity index (χ3v) is 6.83. The van der Waals surface area contributed by atoms with Gasteiger partial charge in [-0.05, 0) is 62.0 Å². The molecule has 4 bridgehead atoms. The smallest absolute Gasteiger partial charge is 0.263 e. The van der Waals surface area contributed by atoms with Gasteiger partial charge >= 0.3 is 0 Å². The summed E-state index contributed by atoms with van der Waals surface area (Å²) < 4.78 is 5.97. The van der Waals surface area contributed by atoms with Crippen LogP contribution in [0.3, 0.4) is 0 Å². The highest BCUT2D eigenvalue weighted by Crippen LogP contribution is 2.55. The monoisotopic (exact) mass is 342 g/mol. The van der Waals surface area contributed by atoms with Crippen LogP contribution >= 0.6 is 0 Å². The molecule has 5 aliphatic rings. The van der Waals surface area contributed by atoms with Crippen LogP contribution in [0.25, 0.3) is 0 Å². The van der Waals surface area contributed by atoms with E-state index < -0.39 is 11.7 Å². The maximum absolute atomic E-state index is 12.9. The maximum Gasteiger partial charge on any atom is 0.263 e. The Hall–Kier alpha value is -1.75. The summed E-state index contributed by atoms with van der Waals surface area (Å²) in [6.07, 6.45) is 4.49. The topological polar surface area (TPSA) is 61.8 Å². The summed E-state index contributed by atoms with van der Waals surface area (Å²) in [5.74, 6) is 2.27. The van der Waals surface area contributed by atoms with Crippen LogP contribution in [0.5, 0.6) is 5.75 Å². The molecule has 1 heterocycles. The number of anilines is 1. The van der Waals surface area contributed by atoms with Crippen molar-refractivity contribution in [3.63, 3.8) is 0 Å². The Bertz CT molecular complexity index is 690. The van der Waals surface area contributed by atoms with Crippen LogP contribution in [0, 0.1) is 17.8 Å². The minimum atomic E-state index is -0.472. The first-order valence-electron chi connectivity index (χ1n) is 9.50. The maximum atomic E-state index is 12.9. The van der Waals surface area contributed by atoms with Crippen molar-refractivity contribution >= 4 is 11.6 Å². The van der Waals surface area contributed by atoms with Crippen LogP contribution in [0.15, 0.2) is 24.3 Å². The Morgan fingerprint density at radius 1 is 1.24 bits per heavy atom. The predicted octanol–water partition coefficient (Wildman–Crippen LogP) is 1.94. The minimum Gasteiger partial charge on any atom is -0.477 e. The van der Waals surface area contributed by atoms with Crippen LogP contribution in [0.2, 0.25) is 0 Å². The van der Waals surface area contributed by atoms with Crippen molar-refractivity contribution in [2.24, 2.45) is 17.8 Å². The number of rotatable bonds is 2. The quantitative estimate of drug-likeness (QED) is 0.862. The van der Waals surface area contributed by atoms with Gasteiger partial charge in [-0.1, -0.05) is 12.1 Å². The third-order valence-electron chi connectivity index (χ3n) is 6.83. The summed E-state index contributed by atoms with van der Waals surface area (Å²) in [4.78, 5) is 15.0. The number of hydrogen-bond donors (Lipinski definition) is 2. The molecule has 1 aromatic rings. The summed E-state index contributed by atoms with van der Waals surface area (Å²) in [7, 11) is 2.00. The second-order valence-corrected chi connectivity index (χ2v) is 8.68. The predicted molar refractivity (Wildman–Crippen MR) is 94.6 cm³/mol. The van der Waals surface area contributed by atoms with E-state index in [0.717, 1.165) is 43.5 Å². The number of carbonyl (C=O) groups excluding carboxylic acids is 1. The number of benzene rings is 1. The van der Waals surface area contributed by atoms with E-state index in [-0.39, 0.29) is 11.9 Å². The molecule has 2 unspecified atom stereocenters. The molecule has 4 fully saturated rings. The fourth-order valence-corrected chi connectivity index (χ4v) is 6.02. The van der Waals surface area contributed by atoms with Crippen molar-refractivity contribution in [2.45, 2.75) is 49.9 Å². The van der Waals surface area contributed by atoms with Gasteiger partial charge in [-0.25, -0.2) is 0 Å². The zero-order valence-electron chi connectivity index (χ0n) is 14.6. The lowest BCUT2D eigenvalue weighted by molar-refractivity contribution is -0.149. The third kappa shape index (κ3) is 2.51. The molecular weight excluding hydrogens is 316 g/mol. The molecule has 0 radical (unpaired) electrons. The number of amides is 1. The highest BCUT2D eigenvalue weighted by atomic mass is 16.5. The van der Waals surface area contributed by atoms with Crippen molar-refractivity contribution in [1.29, 1.82) is 0 Å². The SMILES string of the molecule is CN1CC(C(=O)N[C@@H]2[C@@H]3CC4C[C@H]2C[C@@](O)(C4)C3)Oc2ccccc21. The Morgan fingerprint density at radius 3 is 2.68 bits per heavy atom. The second-order valence-electron chi connectivity index (χ2n) is 8.68. The summed E-state index contributed by atoms with van der Waals surface area (Å²) >= 11 is 0. The number of nitrogens with one attached hydrogen (secondary N) is 1. The van der Waals surface area contributed by atoms with Gasteiger partial charge in [-0.15, -0.1) is 0 Å². The normalized spacial score (nSPS) is 41.2. The molecule has 5 nitrogen and oxygen atoms in total. The molecule has 6 rings (SSSR count). The number of fused-ring (bicyclic) bond motifs is 1. The number of ether oxygens (including phenoxy) is 1. The molecule has 0 spiro atoms. The molecule has 5 heteroatoms. The van der Waals surface area contributed by atoms with Crippen LogP contribution in [0.4, 0.5) is 5.69 Å². The number of likely N-dealkylation sites (N-methyl/N-ethyl adjacent to an activating group) is 1. The zero-order valence-corrected chi connectivity index (χ0v) is 14.6. The molecule has 6 atom stereocenters. The number of para-hydroxylation sites is 2. The van der Waals surface area contributed by atoms with Gasteiger partial charge in [0.1, 0.15) is 5.75 Å². The summed E-state index contributed by atoms with van der Waals surface area (Å²) in [6, 6.07) is 8.06. The van der Waals surface area contributed by atoms with Crippen LogP contribution < -0.4 is 15.0 Å². The highest BCUT2D eigenvalue weighted by molar-refractivity contribution is 5.83. The van der Waals surface area contributed by atoms with Gasteiger partial charge in [-0.3, -0.25) is 4.79 Å². The first-order chi connectivity index (χ1) is 12.0. The van der Waals surface area contributed by atoms with Crippen LogP contribution in [-0.4, -0.2) is 42.4 Å². The van der Waals surface area contributed by atoms with E-state index in [9.17, 15) is 9.90 Å². The number of carbonyl (C=O) groups is 1. The Morgan fingerprint density at radius 2 is 1.96 bits per heavy atom. The van der Waals surface area contributed by atoms with Crippen molar-refractivity contribution in [3.05, 3.63) is 24.3 Å². The van der Waals surface area contributed by atoms with Gasteiger partial charge in [0, 0.05) is 13.1 Å². The van der Waals surface area contributed by atoms with Crippen LogP contribution in [-0.2, 0) is 4.79 Å². The largest absolute Gasteiger partial charge is 0.477 e. The van der Waals surface area contributed by atoms with Gasteiger partial charge in [0.15, 0.2) is 6.10 Å². The van der Waals surface area contributed by atoms with Gasteiger partial charge in [-0.2, -0.15) is 0 Å². The molecule has 1 aliphatic heterocycles. The van der Waals surface area contributed by atoms with Crippen molar-refractivity contribution in [2.75, 3.05) is 18.5 Å². The minimum absolute atomic E-state index is 0.00850. The van der Waals surface area contributed by atoms with Crippen LogP contribution in [0.1, 0.15) is 32.1 Å². The molecular formula is C20H26N2O3. The molecule has 4 aliphatic carbocycles. The van der Waals surface area contributed by atoms with E-state index in [1.54, 1.807) is 0 Å². The van der Waals surface area contributed by atoms with E-state index in [0.29, 0.717) is 24.3 Å². The van der Waals surface area contributed by atoms with E-state index in [1.807, 2.05) is 31.3 Å². The lowest BCUT2D eigenvalue weighted by Gasteiger charge is -2.58. The Labute approximate surface area is 148 Å². The number of aliphatic hydroxyl groups is 1. The number of hydrogen-bond acceptors (Lipinski definition) is 4.